The first-order chi connectivity index (χ1) is 14.1. The van der Waals surface area contributed by atoms with Crippen molar-refractivity contribution in [1.82, 2.24) is 9.97 Å². The SMILES string of the molecule is CCCOC(=O)c1ccc2nc(-c3ccc(F)cc3)c(N3CCC[C@@H]3C)nc2c1. The Morgan fingerprint density at radius 3 is 2.66 bits per heavy atom. The first-order valence-electron chi connectivity index (χ1n) is 10.1. The fourth-order valence-corrected chi connectivity index (χ4v) is 3.70. The van der Waals surface area contributed by atoms with Crippen LogP contribution in [-0.2, 0) is 4.74 Å². The summed E-state index contributed by atoms with van der Waals surface area (Å²) >= 11 is 0. The molecular formula is C23H24FN3O2. The molecule has 0 N–H and O–H groups in total. The number of ether oxygens (including phenoxy) is 1. The van der Waals surface area contributed by atoms with E-state index in [4.69, 9.17) is 14.7 Å². The maximum absolute atomic E-state index is 13.4. The van der Waals surface area contributed by atoms with Crippen molar-refractivity contribution in [2.45, 2.75) is 39.2 Å². The normalized spacial score (nSPS) is 16.4. The molecule has 0 bridgehead atoms. The van der Waals surface area contributed by atoms with Gasteiger partial charge >= 0.3 is 5.97 Å². The van der Waals surface area contributed by atoms with Gasteiger partial charge in [0.25, 0.3) is 0 Å². The Morgan fingerprint density at radius 1 is 1.17 bits per heavy atom. The molecule has 4 rings (SSSR count). The van der Waals surface area contributed by atoms with Crippen LogP contribution in [0.5, 0.6) is 0 Å². The molecule has 29 heavy (non-hydrogen) atoms. The van der Waals surface area contributed by atoms with Gasteiger partial charge in [-0.2, -0.15) is 0 Å². The van der Waals surface area contributed by atoms with Crippen molar-refractivity contribution in [1.29, 1.82) is 0 Å². The van der Waals surface area contributed by atoms with E-state index in [-0.39, 0.29) is 11.8 Å². The summed E-state index contributed by atoms with van der Waals surface area (Å²) in [6.45, 7) is 5.42. The molecule has 5 nitrogen and oxygen atoms in total. The summed E-state index contributed by atoms with van der Waals surface area (Å²) in [5.41, 5.74) is 3.35. The summed E-state index contributed by atoms with van der Waals surface area (Å²) in [4.78, 5) is 24.2. The van der Waals surface area contributed by atoms with Crippen molar-refractivity contribution in [3.05, 3.63) is 53.8 Å². The summed E-state index contributed by atoms with van der Waals surface area (Å²) in [5, 5.41) is 0. The highest BCUT2D eigenvalue weighted by atomic mass is 19.1. The number of aromatic nitrogens is 2. The molecule has 150 valence electrons. The van der Waals surface area contributed by atoms with Gasteiger partial charge in [-0.25, -0.2) is 19.2 Å². The van der Waals surface area contributed by atoms with Crippen LogP contribution in [0.15, 0.2) is 42.5 Å². The van der Waals surface area contributed by atoms with Gasteiger partial charge in [-0.1, -0.05) is 6.92 Å². The van der Waals surface area contributed by atoms with Crippen molar-refractivity contribution >= 4 is 22.8 Å². The molecule has 0 saturated carbocycles. The van der Waals surface area contributed by atoms with Crippen LogP contribution in [0.1, 0.15) is 43.5 Å². The average Bonchev–Trinajstić information content (AvgIpc) is 3.17. The first kappa shape index (κ1) is 19.3. The third-order valence-corrected chi connectivity index (χ3v) is 5.26. The minimum Gasteiger partial charge on any atom is -0.462 e. The van der Waals surface area contributed by atoms with E-state index in [9.17, 15) is 9.18 Å². The molecule has 1 atom stereocenters. The average molecular weight is 393 g/mol. The number of halogens is 1. The van der Waals surface area contributed by atoms with E-state index >= 15 is 0 Å². The summed E-state index contributed by atoms with van der Waals surface area (Å²) in [6.07, 6.45) is 2.95. The Bertz CT molecular complexity index is 1040. The number of rotatable bonds is 5. The smallest absolute Gasteiger partial charge is 0.338 e. The number of carbonyl (C=O) groups is 1. The Hall–Kier alpha value is -3.02. The van der Waals surface area contributed by atoms with Gasteiger partial charge in [-0.3, -0.25) is 0 Å². The molecular weight excluding hydrogens is 369 g/mol. The van der Waals surface area contributed by atoms with Crippen molar-refractivity contribution < 1.29 is 13.9 Å². The second-order valence-electron chi connectivity index (χ2n) is 7.43. The van der Waals surface area contributed by atoms with E-state index in [0.29, 0.717) is 29.2 Å². The number of fused-ring (bicyclic) bond motifs is 1. The lowest BCUT2D eigenvalue weighted by molar-refractivity contribution is 0.0505. The molecule has 1 fully saturated rings. The maximum Gasteiger partial charge on any atom is 0.338 e. The molecule has 0 aliphatic carbocycles. The van der Waals surface area contributed by atoms with Crippen LogP contribution in [-0.4, -0.2) is 35.1 Å². The number of benzene rings is 2. The highest BCUT2D eigenvalue weighted by Gasteiger charge is 2.26. The van der Waals surface area contributed by atoms with Crippen molar-refractivity contribution in [2.24, 2.45) is 0 Å². The molecule has 3 aromatic rings. The predicted molar refractivity (Wildman–Crippen MR) is 112 cm³/mol. The molecule has 0 radical (unpaired) electrons. The third-order valence-electron chi connectivity index (χ3n) is 5.26. The second kappa shape index (κ2) is 8.15. The first-order valence-corrected chi connectivity index (χ1v) is 10.1. The quantitative estimate of drug-likeness (QED) is 0.572. The van der Waals surface area contributed by atoms with Crippen LogP contribution in [0.4, 0.5) is 10.2 Å². The van der Waals surface area contributed by atoms with Gasteiger partial charge in [0.05, 0.1) is 23.2 Å². The van der Waals surface area contributed by atoms with E-state index in [2.05, 4.69) is 11.8 Å². The lowest BCUT2D eigenvalue weighted by Crippen LogP contribution is -2.28. The minimum atomic E-state index is -0.353. The summed E-state index contributed by atoms with van der Waals surface area (Å²) in [5.74, 6) is 0.135. The Morgan fingerprint density at radius 2 is 1.97 bits per heavy atom. The fourth-order valence-electron chi connectivity index (χ4n) is 3.70. The van der Waals surface area contributed by atoms with E-state index in [0.717, 1.165) is 42.9 Å². The molecule has 1 aliphatic rings. The largest absolute Gasteiger partial charge is 0.462 e. The molecule has 0 amide bonds. The predicted octanol–water partition coefficient (Wildman–Crippen LogP) is 4.99. The molecule has 1 saturated heterocycles. The van der Waals surface area contributed by atoms with Crippen LogP contribution in [0.2, 0.25) is 0 Å². The summed E-state index contributed by atoms with van der Waals surface area (Å²) in [7, 11) is 0. The number of anilines is 1. The maximum atomic E-state index is 13.4. The summed E-state index contributed by atoms with van der Waals surface area (Å²) in [6, 6.07) is 11.9. The molecule has 6 heteroatoms. The number of hydrogen-bond donors (Lipinski definition) is 0. The van der Waals surface area contributed by atoms with E-state index < -0.39 is 0 Å². The lowest BCUT2D eigenvalue weighted by atomic mass is 10.1. The monoisotopic (exact) mass is 393 g/mol. The van der Waals surface area contributed by atoms with Gasteiger partial charge < -0.3 is 9.64 Å². The lowest BCUT2D eigenvalue weighted by Gasteiger charge is -2.25. The highest BCUT2D eigenvalue weighted by molar-refractivity contribution is 5.94. The molecule has 0 spiro atoms. The van der Waals surface area contributed by atoms with Gasteiger partial charge in [0, 0.05) is 18.2 Å². The Labute approximate surface area is 169 Å². The van der Waals surface area contributed by atoms with Crippen LogP contribution in [0.25, 0.3) is 22.3 Å². The standard InChI is InChI=1S/C23H24FN3O2/c1-3-13-29-23(28)17-8-11-19-20(14-17)26-22(27-12-4-5-15(27)2)21(25-19)16-6-9-18(24)10-7-16/h6-11,14-15H,3-5,12-13H2,1-2H3/t15-/m0/s1. The third kappa shape index (κ3) is 3.92. The molecule has 2 aromatic carbocycles. The van der Waals surface area contributed by atoms with Gasteiger partial charge in [0.15, 0.2) is 5.82 Å². The minimum absolute atomic E-state index is 0.283. The zero-order chi connectivity index (χ0) is 20.4. The molecule has 1 aromatic heterocycles. The zero-order valence-electron chi connectivity index (χ0n) is 16.7. The van der Waals surface area contributed by atoms with Gasteiger partial charge in [-0.05, 0) is 68.7 Å². The van der Waals surface area contributed by atoms with Crippen LogP contribution in [0.3, 0.4) is 0 Å². The molecule has 1 aliphatic heterocycles. The number of carbonyl (C=O) groups excluding carboxylic acids is 1. The van der Waals surface area contributed by atoms with E-state index in [1.807, 2.05) is 6.92 Å². The molecule has 2 heterocycles. The van der Waals surface area contributed by atoms with E-state index in [1.165, 1.54) is 12.1 Å². The topological polar surface area (TPSA) is 55.3 Å². The number of hydrogen-bond acceptors (Lipinski definition) is 5. The zero-order valence-corrected chi connectivity index (χ0v) is 16.7. The Kier molecular flexibility index (Phi) is 5.43. The van der Waals surface area contributed by atoms with Crippen LogP contribution in [0, 0.1) is 5.82 Å². The molecule has 0 unspecified atom stereocenters. The number of esters is 1. The van der Waals surface area contributed by atoms with Gasteiger partial charge in [0.2, 0.25) is 0 Å². The number of nitrogens with zero attached hydrogens (tertiary/aromatic N) is 3. The van der Waals surface area contributed by atoms with Crippen molar-refractivity contribution in [3.8, 4) is 11.3 Å². The van der Waals surface area contributed by atoms with Crippen LogP contribution < -0.4 is 4.90 Å². The van der Waals surface area contributed by atoms with Crippen molar-refractivity contribution in [3.63, 3.8) is 0 Å². The highest BCUT2D eigenvalue weighted by Crippen LogP contribution is 2.34. The van der Waals surface area contributed by atoms with E-state index in [1.54, 1.807) is 30.3 Å². The summed E-state index contributed by atoms with van der Waals surface area (Å²) < 4.78 is 18.7. The Balaban J connectivity index is 1.83. The van der Waals surface area contributed by atoms with Gasteiger partial charge in [-0.15, -0.1) is 0 Å². The van der Waals surface area contributed by atoms with Crippen LogP contribution >= 0.6 is 0 Å². The van der Waals surface area contributed by atoms with Crippen molar-refractivity contribution in [2.75, 3.05) is 18.1 Å². The fraction of sp³-hybridized carbons (Fsp3) is 0.348. The second-order valence-corrected chi connectivity index (χ2v) is 7.43. The van der Waals surface area contributed by atoms with Gasteiger partial charge in [0.1, 0.15) is 11.5 Å².